The lowest BCUT2D eigenvalue weighted by molar-refractivity contribution is 0.0731. The molecule has 0 aliphatic carbocycles. The molecule has 1 aromatic heterocycles. The zero-order valence-electron chi connectivity index (χ0n) is 16.0. The molecule has 0 fully saturated rings. The number of esters is 1. The maximum absolute atomic E-state index is 13.2. The fourth-order valence-electron chi connectivity index (χ4n) is 3.04. The monoisotopic (exact) mass is 386 g/mol. The summed E-state index contributed by atoms with van der Waals surface area (Å²) in [5.41, 5.74) is 1.87. The lowest BCUT2D eigenvalue weighted by Crippen LogP contribution is -2.16. The number of rotatable bonds is 4. The van der Waals surface area contributed by atoms with Crippen LogP contribution in [0.5, 0.6) is 11.5 Å². The molecule has 144 valence electrons. The van der Waals surface area contributed by atoms with Gasteiger partial charge in [0, 0.05) is 5.56 Å². The van der Waals surface area contributed by atoms with E-state index in [0.717, 1.165) is 5.56 Å². The van der Waals surface area contributed by atoms with Crippen molar-refractivity contribution in [1.29, 1.82) is 0 Å². The maximum Gasteiger partial charge on any atom is 0.343 e. The number of ether oxygens (including phenoxy) is 2. The van der Waals surface area contributed by atoms with Gasteiger partial charge in [-0.15, -0.1) is 0 Å². The van der Waals surface area contributed by atoms with Gasteiger partial charge in [0.2, 0.25) is 11.2 Å². The Labute approximate surface area is 167 Å². The molecule has 0 amide bonds. The summed E-state index contributed by atoms with van der Waals surface area (Å²) in [6.45, 7) is 1.88. The highest BCUT2D eigenvalue weighted by atomic mass is 16.5. The zero-order valence-corrected chi connectivity index (χ0v) is 16.0. The third kappa shape index (κ3) is 3.62. The van der Waals surface area contributed by atoms with Gasteiger partial charge in [0.05, 0.1) is 18.1 Å². The lowest BCUT2D eigenvalue weighted by Gasteiger charge is -2.11. The molecule has 1 heterocycles. The van der Waals surface area contributed by atoms with Crippen molar-refractivity contribution in [2.24, 2.45) is 0 Å². The van der Waals surface area contributed by atoms with E-state index in [1.54, 1.807) is 73.8 Å². The Kier molecular flexibility index (Phi) is 4.87. The zero-order chi connectivity index (χ0) is 20.4. The summed E-state index contributed by atoms with van der Waals surface area (Å²) < 4.78 is 16.7. The SMILES string of the molecule is COc1ccc(-c2oc3ccc(C)cc3c(=O)c2OC(=O)c2ccccc2)cc1. The molecular formula is C24H18O5. The minimum absolute atomic E-state index is 0.137. The first-order valence-electron chi connectivity index (χ1n) is 9.06. The molecule has 0 atom stereocenters. The molecule has 29 heavy (non-hydrogen) atoms. The second-order valence-corrected chi connectivity index (χ2v) is 6.57. The molecule has 0 saturated carbocycles. The third-order valence-electron chi connectivity index (χ3n) is 4.56. The van der Waals surface area contributed by atoms with Gasteiger partial charge in [-0.05, 0) is 55.5 Å². The minimum atomic E-state index is -0.625. The van der Waals surface area contributed by atoms with Crippen LogP contribution in [0.2, 0.25) is 0 Å². The van der Waals surface area contributed by atoms with E-state index in [-0.39, 0.29) is 11.5 Å². The van der Waals surface area contributed by atoms with Gasteiger partial charge in [0.25, 0.3) is 0 Å². The third-order valence-corrected chi connectivity index (χ3v) is 4.56. The van der Waals surface area contributed by atoms with Crippen LogP contribution in [0.3, 0.4) is 0 Å². The number of carbonyl (C=O) groups excluding carboxylic acids is 1. The molecule has 0 aliphatic rings. The van der Waals surface area contributed by atoms with Crippen molar-refractivity contribution in [3.63, 3.8) is 0 Å². The molecule has 4 aromatic rings. The van der Waals surface area contributed by atoms with Crippen LogP contribution in [-0.2, 0) is 0 Å². The predicted molar refractivity (Wildman–Crippen MR) is 111 cm³/mol. The van der Waals surface area contributed by atoms with Gasteiger partial charge in [0.1, 0.15) is 11.3 Å². The van der Waals surface area contributed by atoms with Crippen molar-refractivity contribution in [1.82, 2.24) is 0 Å². The van der Waals surface area contributed by atoms with Gasteiger partial charge in [-0.2, -0.15) is 0 Å². The van der Waals surface area contributed by atoms with Crippen molar-refractivity contribution in [3.05, 3.63) is 94.1 Å². The highest BCUT2D eigenvalue weighted by Gasteiger charge is 2.21. The van der Waals surface area contributed by atoms with Crippen LogP contribution >= 0.6 is 0 Å². The molecular weight excluding hydrogens is 368 g/mol. The maximum atomic E-state index is 13.2. The van der Waals surface area contributed by atoms with Crippen LogP contribution in [0.1, 0.15) is 15.9 Å². The van der Waals surface area contributed by atoms with Crippen LogP contribution in [0.15, 0.2) is 82.0 Å². The number of methoxy groups -OCH3 is 1. The van der Waals surface area contributed by atoms with Crippen LogP contribution in [0.25, 0.3) is 22.3 Å². The van der Waals surface area contributed by atoms with Crippen molar-refractivity contribution in [3.8, 4) is 22.8 Å². The normalized spacial score (nSPS) is 10.7. The Morgan fingerprint density at radius 3 is 2.34 bits per heavy atom. The Bertz CT molecular complexity index is 1240. The summed E-state index contributed by atoms with van der Waals surface area (Å²) in [7, 11) is 1.57. The topological polar surface area (TPSA) is 65.7 Å². The van der Waals surface area contributed by atoms with Gasteiger partial charge in [-0.3, -0.25) is 4.79 Å². The first kappa shape index (κ1) is 18.5. The van der Waals surface area contributed by atoms with E-state index in [2.05, 4.69) is 0 Å². The molecule has 0 radical (unpaired) electrons. The van der Waals surface area contributed by atoms with E-state index < -0.39 is 11.4 Å². The summed E-state index contributed by atoms with van der Waals surface area (Å²) in [6.07, 6.45) is 0. The van der Waals surface area contributed by atoms with Crippen LogP contribution in [0, 0.1) is 6.92 Å². The quantitative estimate of drug-likeness (QED) is 0.462. The molecule has 5 nitrogen and oxygen atoms in total. The Morgan fingerprint density at radius 2 is 1.66 bits per heavy atom. The fourth-order valence-corrected chi connectivity index (χ4v) is 3.04. The summed E-state index contributed by atoms with van der Waals surface area (Å²) in [4.78, 5) is 25.8. The van der Waals surface area contributed by atoms with Gasteiger partial charge in [0.15, 0.2) is 5.76 Å². The second kappa shape index (κ2) is 7.64. The fraction of sp³-hybridized carbons (Fsp3) is 0.0833. The molecule has 4 rings (SSSR count). The summed E-state index contributed by atoms with van der Waals surface area (Å²) >= 11 is 0. The first-order chi connectivity index (χ1) is 14.1. The number of carbonyl (C=O) groups is 1. The van der Waals surface area contributed by atoms with E-state index in [0.29, 0.717) is 27.8 Å². The minimum Gasteiger partial charge on any atom is -0.497 e. The van der Waals surface area contributed by atoms with Gasteiger partial charge in [-0.1, -0.05) is 29.8 Å². The summed E-state index contributed by atoms with van der Waals surface area (Å²) in [5, 5.41) is 0.359. The van der Waals surface area contributed by atoms with Crippen molar-refractivity contribution < 1.29 is 18.7 Å². The average molecular weight is 386 g/mol. The number of hydrogen-bond donors (Lipinski definition) is 0. The Balaban J connectivity index is 1.90. The molecule has 0 unspecified atom stereocenters. The number of aryl methyl sites for hydroxylation is 1. The molecule has 0 aliphatic heterocycles. The molecule has 3 aromatic carbocycles. The standard InChI is InChI=1S/C24H18O5/c1-15-8-13-20-19(14-15)21(25)23(29-24(26)17-6-4-3-5-7-17)22(28-20)16-9-11-18(27-2)12-10-16/h3-14H,1-2H3. The highest BCUT2D eigenvalue weighted by molar-refractivity contribution is 5.93. The summed E-state index contributed by atoms with van der Waals surface area (Å²) in [6, 6.07) is 20.8. The van der Waals surface area contributed by atoms with E-state index in [1.807, 2.05) is 13.0 Å². The van der Waals surface area contributed by atoms with E-state index >= 15 is 0 Å². The van der Waals surface area contributed by atoms with Crippen molar-refractivity contribution in [2.45, 2.75) is 6.92 Å². The van der Waals surface area contributed by atoms with Crippen LogP contribution < -0.4 is 14.9 Å². The number of benzene rings is 3. The predicted octanol–water partition coefficient (Wildman–Crippen LogP) is 5.00. The second-order valence-electron chi connectivity index (χ2n) is 6.57. The molecule has 0 spiro atoms. The van der Waals surface area contributed by atoms with E-state index in [4.69, 9.17) is 13.9 Å². The average Bonchev–Trinajstić information content (AvgIpc) is 2.76. The lowest BCUT2D eigenvalue weighted by atomic mass is 10.1. The van der Waals surface area contributed by atoms with E-state index in [9.17, 15) is 9.59 Å². The highest BCUT2D eigenvalue weighted by Crippen LogP contribution is 2.32. The largest absolute Gasteiger partial charge is 0.497 e. The van der Waals surface area contributed by atoms with Gasteiger partial charge < -0.3 is 13.9 Å². The van der Waals surface area contributed by atoms with Crippen LogP contribution in [-0.4, -0.2) is 13.1 Å². The molecule has 0 saturated heterocycles. The van der Waals surface area contributed by atoms with Gasteiger partial charge >= 0.3 is 5.97 Å². The summed E-state index contributed by atoms with van der Waals surface area (Å²) in [5.74, 6) is 0.0930. The Hall–Kier alpha value is -3.86. The molecule has 5 heteroatoms. The number of hydrogen-bond acceptors (Lipinski definition) is 5. The first-order valence-corrected chi connectivity index (χ1v) is 9.06. The smallest absolute Gasteiger partial charge is 0.343 e. The molecule has 0 bridgehead atoms. The van der Waals surface area contributed by atoms with Gasteiger partial charge in [-0.25, -0.2) is 4.79 Å². The van der Waals surface area contributed by atoms with E-state index in [1.165, 1.54) is 0 Å². The van der Waals surface area contributed by atoms with Crippen LogP contribution in [0.4, 0.5) is 0 Å². The van der Waals surface area contributed by atoms with Crippen molar-refractivity contribution in [2.75, 3.05) is 7.11 Å². The Morgan fingerprint density at radius 1 is 0.931 bits per heavy atom. The van der Waals surface area contributed by atoms with Crippen molar-refractivity contribution >= 4 is 16.9 Å². The number of fused-ring (bicyclic) bond motifs is 1. The molecule has 0 N–H and O–H groups in total.